The van der Waals surface area contributed by atoms with Gasteiger partial charge in [-0.3, -0.25) is 4.84 Å². The molecule has 1 rings (SSSR count). The van der Waals surface area contributed by atoms with Crippen LogP contribution in [0.4, 0.5) is 0 Å². The zero-order valence-electron chi connectivity index (χ0n) is 8.40. The molecule has 14 heavy (non-hydrogen) atoms. The highest BCUT2D eigenvalue weighted by Crippen LogP contribution is 2.27. The van der Waals surface area contributed by atoms with Crippen molar-refractivity contribution in [1.29, 1.82) is 0 Å². The lowest BCUT2D eigenvalue weighted by Gasteiger charge is -2.21. The van der Waals surface area contributed by atoms with E-state index in [-0.39, 0.29) is 6.42 Å². The van der Waals surface area contributed by atoms with Crippen molar-refractivity contribution in [3.63, 3.8) is 0 Å². The van der Waals surface area contributed by atoms with E-state index in [9.17, 15) is 9.59 Å². The third-order valence-electron chi connectivity index (χ3n) is 2.12. The normalized spacial score (nSPS) is 20.5. The van der Waals surface area contributed by atoms with Crippen molar-refractivity contribution in [3.8, 4) is 0 Å². The summed E-state index contributed by atoms with van der Waals surface area (Å²) in [4.78, 5) is 28.0. The molecule has 0 aromatic carbocycles. The van der Waals surface area contributed by atoms with Crippen molar-refractivity contribution in [2.45, 2.75) is 12.0 Å². The summed E-state index contributed by atoms with van der Waals surface area (Å²) in [5, 5.41) is 1.41. The SMILES string of the molecule is COC(=O)C1(C(=O)OC)CCN(C)O1. The van der Waals surface area contributed by atoms with Crippen LogP contribution < -0.4 is 0 Å². The van der Waals surface area contributed by atoms with Gasteiger partial charge < -0.3 is 9.47 Å². The van der Waals surface area contributed by atoms with Crippen LogP contribution in [0.2, 0.25) is 0 Å². The van der Waals surface area contributed by atoms with Crippen LogP contribution in [0.25, 0.3) is 0 Å². The van der Waals surface area contributed by atoms with E-state index >= 15 is 0 Å². The van der Waals surface area contributed by atoms with Crippen molar-refractivity contribution in [2.75, 3.05) is 27.8 Å². The highest BCUT2D eigenvalue weighted by Gasteiger charge is 2.54. The van der Waals surface area contributed by atoms with Crippen molar-refractivity contribution < 1.29 is 23.9 Å². The largest absolute Gasteiger partial charge is 0.466 e. The average Bonchev–Trinajstić information content (AvgIpc) is 2.59. The lowest BCUT2D eigenvalue weighted by Crippen LogP contribution is -2.48. The molecule has 1 saturated heterocycles. The minimum Gasteiger partial charge on any atom is -0.466 e. The fourth-order valence-electron chi connectivity index (χ4n) is 1.36. The number of carbonyl (C=O) groups excluding carboxylic acids is 2. The molecule has 0 saturated carbocycles. The molecule has 0 amide bonds. The molecular formula is C8H13NO5. The molecular weight excluding hydrogens is 190 g/mol. The number of hydroxylamine groups is 2. The minimum absolute atomic E-state index is 0.239. The fraction of sp³-hybridized carbons (Fsp3) is 0.750. The first-order valence-electron chi connectivity index (χ1n) is 4.14. The predicted octanol–water partition coefficient (Wildman–Crippen LogP) is -0.662. The van der Waals surface area contributed by atoms with Gasteiger partial charge in [0.05, 0.1) is 14.2 Å². The number of hydrogen-bond donors (Lipinski definition) is 0. The highest BCUT2D eigenvalue weighted by atomic mass is 16.7. The van der Waals surface area contributed by atoms with Crippen molar-refractivity contribution in [1.82, 2.24) is 5.06 Å². The van der Waals surface area contributed by atoms with E-state index in [0.717, 1.165) is 0 Å². The van der Waals surface area contributed by atoms with E-state index in [0.29, 0.717) is 6.54 Å². The number of esters is 2. The summed E-state index contributed by atoms with van der Waals surface area (Å²) in [5.74, 6) is -1.46. The molecule has 0 aliphatic carbocycles. The Kier molecular flexibility index (Phi) is 3.07. The van der Waals surface area contributed by atoms with Gasteiger partial charge in [0.25, 0.3) is 5.60 Å². The second kappa shape index (κ2) is 3.93. The van der Waals surface area contributed by atoms with Crippen molar-refractivity contribution >= 4 is 11.9 Å². The molecule has 0 aromatic rings. The van der Waals surface area contributed by atoms with Crippen LogP contribution >= 0.6 is 0 Å². The molecule has 1 aliphatic rings. The van der Waals surface area contributed by atoms with Gasteiger partial charge in [-0.25, -0.2) is 9.59 Å². The summed E-state index contributed by atoms with van der Waals surface area (Å²) in [5.41, 5.74) is -1.61. The van der Waals surface area contributed by atoms with Gasteiger partial charge in [0, 0.05) is 20.0 Å². The first-order valence-corrected chi connectivity index (χ1v) is 4.14. The summed E-state index contributed by atoms with van der Waals surface area (Å²) >= 11 is 0. The molecule has 0 spiro atoms. The third-order valence-corrected chi connectivity index (χ3v) is 2.12. The quantitative estimate of drug-likeness (QED) is 0.438. The Morgan fingerprint density at radius 1 is 1.29 bits per heavy atom. The predicted molar refractivity (Wildman–Crippen MR) is 45.1 cm³/mol. The Morgan fingerprint density at radius 2 is 1.79 bits per heavy atom. The van der Waals surface area contributed by atoms with Gasteiger partial charge in [0.2, 0.25) is 0 Å². The first-order chi connectivity index (χ1) is 6.56. The molecule has 6 heteroatoms. The molecule has 0 atom stereocenters. The zero-order chi connectivity index (χ0) is 10.8. The van der Waals surface area contributed by atoms with Crippen LogP contribution in [0.5, 0.6) is 0 Å². The Morgan fingerprint density at radius 3 is 2.07 bits per heavy atom. The van der Waals surface area contributed by atoms with Crippen LogP contribution in [-0.2, 0) is 23.9 Å². The number of hydrogen-bond acceptors (Lipinski definition) is 6. The molecule has 1 aliphatic heterocycles. The number of methoxy groups -OCH3 is 2. The maximum Gasteiger partial charge on any atom is 0.352 e. The number of ether oxygens (including phenoxy) is 2. The Balaban J connectivity index is 2.91. The van der Waals surface area contributed by atoms with Gasteiger partial charge in [-0.2, -0.15) is 5.06 Å². The van der Waals surface area contributed by atoms with Crippen LogP contribution in [0.3, 0.4) is 0 Å². The summed E-state index contributed by atoms with van der Waals surface area (Å²) in [6.45, 7) is 0.476. The number of rotatable bonds is 2. The Labute approximate surface area is 81.7 Å². The lowest BCUT2D eigenvalue weighted by molar-refractivity contribution is -0.216. The van der Waals surface area contributed by atoms with Crippen LogP contribution in [0.1, 0.15) is 6.42 Å². The smallest absolute Gasteiger partial charge is 0.352 e. The van der Waals surface area contributed by atoms with Gasteiger partial charge in [-0.15, -0.1) is 0 Å². The van der Waals surface area contributed by atoms with Crippen molar-refractivity contribution in [2.24, 2.45) is 0 Å². The van der Waals surface area contributed by atoms with Crippen LogP contribution in [-0.4, -0.2) is 50.4 Å². The lowest BCUT2D eigenvalue weighted by atomic mass is 10.0. The summed E-state index contributed by atoms with van der Waals surface area (Å²) in [6.07, 6.45) is 0.239. The Hall–Kier alpha value is -1.14. The van der Waals surface area contributed by atoms with E-state index in [1.807, 2.05) is 0 Å². The van der Waals surface area contributed by atoms with E-state index in [2.05, 4.69) is 9.47 Å². The topological polar surface area (TPSA) is 65.1 Å². The van der Waals surface area contributed by atoms with E-state index in [4.69, 9.17) is 4.84 Å². The van der Waals surface area contributed by atoms with Gasteiger partial charge in [-0.1, -0.05) is 0 Å². The zero-order valence-corrected chi connectivity index (χ0v) is 8.40. The first kappa shape index (κ1) is 10.9. The minimum atomic E-state index is -1.61. The van der Waals surface area contributed by atoms with Crippen LogP contribution in [0.15, 0.2) is 0 Å². The molecule has 0 radical (unpaired) electrons. The molecule has 1 fully saturated rings. The summed E-state index contributed by atoms with van der Waals surface area (Å²) in [7, 11) is 4.04. The summed E-state index contributed by atoms with van der Waals surface area (Å²) in [6, 6.07) is 0. The molecule has 6 nitrogen and oxygen atoms in total. The monoisotopic (exact) mass is 203 g/mol. The third kappa shape index (κ3) is 1.58. The standard InChI is InChI=1S/C8H13NO5/c1-9-5-4-8(14-9,6(10)12-2)7(11)13-3/h4-5H2,1-3H3. The van der Waals surface area contributed by atoms with Gasteiger partial charge in [0.1, 0.15) is 0 Å². The van der Waals surface area contributed by atoms with Crippen LogP contribution in [0, 0.1) is 0 Å². The van der Waals surface area contributed by atoms with Gasteiger partial charge >= 0.3 is 11.9 Å². The average molecular weight is 203 g/mol. The van der Waals surface area contributed by atoms with Crippen molar-refractivity contribution in [3.05, 3.63) is 0 Å². The Bertz CT molecular complexity index is 236. The number of nitrogens with zero attached hydrogens (tertiary/aromatic N) is 1. The summed E-state index contributed by atoms with van der Waals surface area (Å²) < 4.78 is 9.03. The fourth-order valence-corrected chi connectivity index (χ4v) is 1.36. The molecule has 80 valence electrons. The molecule has 0 N–H and O–H groups in total. The van der Waals surface area contributed by atoms with E-state index < -0.39 is 17.5 Å². The molecule has 1 heterocycles. The maximum atomic E-state index is 11.4. The highest BCUT2D eigenvalue weighted by molar-refractivity contribution is 6.03. The second-order valence-corrected chi connectivity index (χ2v) is 3.00. The van der Waals surface area contributed by atoms with E-state index in [1.54, 1.807) is 7.05 Å². The van der Waals surface area contributed by atoms with E-state index in [1.165, 1.54) is 19.3 Å². The number of carbonyl (C=O) groups is 2. The maximum absolute atomic E-state index is 11.4. The molecule has 0 bridgehead atoms. The molecule has 0 unspecified atom stereocenters. The van der Waals surface area contributed by atoms with Gasteiger partial charge in [0.15, 0.2) is 0 Å². The second-order valence-electron chi connectivity index (χ2n) is 3.00. The van der Waals surface area contributed by atoms with Gasteiger partial charge in [-0.05, 0) is 0 Å². The molecule has 0 aromatic heterocycles.